The molecule has 7 heteroatoms. The number of aryl methyl sites for hydroxylation is 2. The molecule has 0 aliphatic rings. The van der Waals surface area contributed by atoms with Gasteiger partial charge in [-0.3, -0.25) is 4.79 Å². The molecule has 128 valence electrons. The van der Waals surface area contributed by atoms with E-state index in [0.29, 0.717) is 16.1 Å². The second kappa shape index (κ2) is 7.72. The van der Waals surface area contributed by atoms with Crippen molar-refractivity contribution >= 4 is 35.0 Å². The standard InChI is InChI=1S/C18H16ClN3O2S/c1-11-4-3-5-13(8-11)17-21-22-18(24-17)25-10-16(23)20-15-7-6-14(19)9-12(15)2/h3-9H,10H2,1-2H3,(H,20,23). The predicted molar refractivity (Wildman–Crippen MR) is 100 cm³/mol. The molecule has 1 aromatic heterocycles. The van der Waals surface area contributed by atoms with Crippen LogP contribution in [0.5, 0.6) is 0 Å². The number of carbonyl (C=O) groups excluding carboxylic acids is 1. The minimum atomic E-state index is -0.147. The summed E-state index contributed by atoms with van der Waals surface area (Å²) in [6.07, 6.45) is 0. The zero-order valence-electron chi connectivity index (χ0n) is 13.7. The van der Waals surface area contributed by atoms with Gasteiger partial charge in [-0.2, -0.15) is 0 Å². The number of benzene rings is 2. The van der Waals surface area contributed by atoms with Crippen LogP contribution < -0.4 is 5.32 Å². The lowest BCUT2D eigenvalue weighted by Gasteiger charge is -2.07. The lowest BCUT2D eigenvalue weighted by atomic mass is 10.1. The number of amides is 1. The molecule has 3 aromatic rings. The molecule has 0 aliphatic carbocycles. The van der Waals surface area contributed by atoms with Crippen LogP contribution in [-0.2, 0) is 4.79 Å². The maximum absolute atomic E-state index is 12.1. The van der Waals surface area contributed by atoms with Crippen molar-refractivity contribution in [3.63, 3.8) is 0 Å². The molecule has 0 saturated carbocycles. The Bertz CT molecular complexity index is 911. The van der Waals surface area contributed by atoms with Gasteiger partial charge in [-0.15, -0.1) is 10.2 Å². The molecule has 3 rings (SSSR count). The number of thioether (sulfide) groups is 1. The highest BCUT2D eigenvalue weighted by molar-refractivity contribution is 7.99. The molecule has 0 saturated heterocycles. The average molecular weight is 374 g/mol. The predicted octanol–water partition coefficient (Wildman–Crippen LogP) is 4.74. The first kappa shape index (κ1) is 17.5. The van der Waals surface area contributed by atoms with Crippen molar-refractivity contribution in [2.45, 2.75) is 19.1 Å². The summed E-state index contributed by atoms with van der Waals surface area (Å²) in [6.45, 7) is 3.89. The Kier molecular flexibility index (Phi) is 5.40. The Hall–Kier alpha value is -2.31. The number of nitrogens with zero attached hydrogens (tertiary/aromatic N) is 2. The summed E-state index contributed by atoms with van der Waals surface area (Å²) in [4.78, 5) is 12.1. The molecule has 0 unspecified atom stereocenters. The van der Waals surface area contributed by atoms with Crippen molar-refractivity contribution < 1.29 is 9.21 Å². The minimum Gasteiger partial charge on any atom is -0.411 e. The Morgan fingerprint density at radius 2 is 2.04 bits per heavy atom. The van der Waals surface area contributed by atoms with Gasteiger partial charge >= 0.3 is 0 Å². The van der Waals surface area contributed by atoms with Crippen LogP contribution in [0.15, 0.2) is 52.1 Å². The number of halogens is 1. The number of aromatic nitrogens is 2. The van der Waals surface area contributed by atoms with Crippen LogP contribution in [0.2, 0.25) is 5.02 Å². The monoisotopic (exact) mass is 373 g/mol. The molecule has 0 radical (unpaired) electrons. The van der Waals surface area contributed by atoms with E-state index in [1.54, 1.807) is 18.2 Å². The van der Waals surface area contributed by atoms with Crippen molar-refractivity contribution in [1.82, 2.24) is 10.2 Å². The Morgan fingerprint density at radius 3 is 2.80 bits per heavy atom. The first-order chi connectivity index (χ1) is 12.0. The van der Waals surface area contributed by atoms with E-state index in [9.17, 15) is 4.79 Å². The van der Waals surface area contributed by atoms with Crippen LogP contribution in [-0.4, -0.2) is 21.9 Å². The van der Waals surface area contributed by atoms with Gasteiger partial charge in [-0.25, -0.2) is 0 Å². The summed E-state index contributed by atoms with van der Waals surface area (Å²) < 4.78 is 5.61. The number of hydrogen-bond donors (Lipinski definition) is 1. The van der Waals surface area contributed by atoms with E-state index < -0.39 is 0 Å². The molecular weight excluding hydrogens is 358 g/mol. The van der Waals surface area contributed by atoms with Crippen LogP contribution in [0, 0.1) is 13.8 Å². The quantitative estimate of drug-likeness (QED) is 0.654. The lowest BCUT2D eigenvalue weighted by molar-refractivity contribution is -0.113. The molecule has 25 heavy (non-hydrogen) atoms. The van der Waals surface area contributed by atoms with E-state index in [1.165, 1.54) is 11.8 Å². The molecule has 0 bridgehead atoms. The summed E-state index contributed by atoms with van der Waals surface area (Å²) in [5, 5.41) is 11.9. The van der Waals surface area contributed by atoms with E-state index in [1.807, 2.05) is 38.1 Å². The first-order valence-corrected chi connectivity index (χ1v) is 8.97. The molecule has 1 N–H and O–H groups in total. The van der Waals surface area contributed by atoms with Gasteiger partial charge < -0.3 is 9.73 Å². The number of hydrogen-bond acceptors (Lipinski definition) is 5. The number of carbonyl (C=O) groups is 1. The van der Waals surface area contributed by atoms with Crippen molar-refractivity contribution in [1.29, 1.82) is 0 Å². The fraction of sp³-hybridized carbons (Fsp3) is 0.167. The van der Waals surface area contributed by atoms with E-state index in [-0.39, 0.29) is 11.7 Å². The zero-order chi connectivity index (χ0) is 17.8. The van der Waals surface area contributed by atoms with Gasteiger partial charge in [-0.05, 0) is 49.7 Å². The normalized spacial score (nSPS) is 10.7. The van der Waals surface area contributed by atoms with E-state index >= 15 is 0 Å². The SMILES string of the molecule is Cc1cccc(-c2nnc(SCC(=O)Nc3ccc(Cl)cc3C)o2)c1. The van der Waals surface area contributed by atoms with Gasteiger partial charge in [-0.1, -0.05) is 41.1 Å². The summed E-state index contributed by atoms with van der Waals surface area (Å²) in [5.41, 5.74) is 3.62. The van der Waals surface area contributed by atoms with E-state index in [4.69, 9.17) is 16.0 Å². The smallest absolute Gasteiger partial charge is 0.277 e. The van der Waals surface area contributed by atoms with Crippen LogP contribution in [0.3, 0.4) is 0 Å². The highest BCUT2D eigenvalue weighted by Gasteiger charge is 2.12. The van der Waals surface area contributed by atoms with Gasteiger partial charge in [0.2, 0.25) is 11.8 Å². The molecule has 2 aromatic carbocycles. The average Bonchev–Trinajstić information content (AvgIpc) is 3.05. The molecule has 0 fully saturated rings. The molecule has 0 aliphatic heterocycles. The van der Waals surface area contributed by atoms with Gasteiger partial charge in [0.15, 0.2) is 0 Å². The third-order valence-electron chi connectivity index (χ3n) is 3.46. The minimum absolute atomic E-state index is 0.147. The topological polar surface area (TPSA) is 68.0 Å². The summed E-state index contributed by atoms with van der Waals surface area (Å²) in [6, 6.07) is 13.1. The number of anilines is 1. The van der Waals surface area contributed by atoms with Gasteiger partial charge in [0.1, 0.15) is 0 Å². The maximum Gasteiger partial charge on any atom is 0.277 e. The largest absolute Gasteiger partial charge is 0.411 e. The Labute approximate surface area is 154 Å². The third-order valence-corrected chi connectivity index (χ3v) is 4.51. The fourth-order valence-corrected chi connectivity index (χ4v) is 3.03. The molecule has 1 amide bonds. The molecular formula is C18H16ClN3O2S. The zero-order valence-corrected chi connectivity index (χ0v) is 15.3. The first-order valence-electron chi connectivity index (χ1n) is 7.60. The second-order valence-corrected chi connectivity index (χ2v) is 6.90. The summed E-state index contributed by atoms with van der Waals surface area (Å²) >= 11 is 7.11. The van der Waals surface area contributed by atoms with Crippen LogP contribution in [0.25, 0.3) is 11.5 Å². The second-order valence-electron chi connectivity index (χ2n) is 5.54. The molecule has 1 heterocycles. The van der Waals surface area contributed by atoms with Crippen molar-refractivity contribution in [2.75, 3.05) is 11.1 Å². The fourth-order valence-electron chi connectivity index (χ4n) is 2.24. The van der Waals surface area contributed by atoms with E-state index in [2.05, 4.69) is 15.5 Å². The molecule has 0 atom stereocenters. The molecule has 0 spiro atoms. The van der Waals surface area contributed by atoms with E-state index in [0.717, 1.165) is 22.4 Å². The van der Waals surface area contributed by atoms with Crippen LogP contribution >= 0.6 is 23.4 Å². The summed E-state index contributed by atoms with van der Waals surface area (Å²) in [5.74, 6) is 0.475. The van der Waals surface area contributed by atoms with Crippen molar-refractivity contribution in [2.24, 2.45) is 0 Å². The van der Waals surface area contributed by atoms with Crippen LogP contribution in [0.4, 0.5) is 5.69 Å². The van der Waals surface area contributed by atoms with Gasteiger partial charge in [0.25, 0.3) is 5.22 Å². The van der Waals surface area contributed by atoms with Crippen molar-refractivity contribution in [3.05, 3.63) is 58.6 Å². The lowest BCUT2D eigenvalue weighted by Crippen LogP contribution is -2.14. The highest BCUT2D eigenvalue weighted by Crippen LogP contribution is 2.24. The van der Waals surface area contributed by atoms with Gasteiger partial charge in [0, 0.05) is 16.3 Å². The number of nitrogens with one attached hydrogen (secondary N) is 1. The number of rotatable bonds is 5. The Morgan fingerprint density at radius 1 is 1.20 bits per heavy atom. The van der Waals surface area contributed by atoms with Crippen molar-refractivity contribution in [3.8, 4) is 11.5 Å². The van der Waals surface area contributed by atoms with Gasteiger partial charge in [0.05, 0.1) is 5.75 Å². The van der Waals surface area contributed by atoms with Crippen LogP contribution in [0.1, 0.15) is 11.1 Å². The molecule has 5 nitrogen and oxygen atoms in total. The maximum atomic E-state index is 12.1. The summed E-state index contributed by atoms with van der Waals surface area (Å²) in [7, 11) is 0. The third kappa shape index (κ3) is 4.61. The Balaban J connectivity index is 1.59. The highest BCUT2D eigenvalue weighted by atomic mass is 35.5.